The zero-order chi connectivity index (χ0) is 18.0. The van der Waals surface area contributed by atoms with Crippen LogP contribution in [0, 0.1) is 17.0 Å². The van der Waals surface area contributed by atoms with Crippen LogP contribution in [0.4, 0.5) is 16.2 Å². The van der Waals surface area contributed by atoms with E-state index in [2.05, 4.69) is 5.32 Å². The monoisotopic (exact) mass is 346 g/mol. The number of benzene rings is 1. The Kier molecular flexibility index (Phi) is 4.87. The molecule has 0 radical (unpaired) electrons. The summed E-state index contributed by atoms with van der Waals surface area (Å²) in [4.78, 5) is 38.4. The molecule has 2 aliphatic heterocycles. The number of nitrogens with one attached hydrogen (secondary N) is 1. The lowest BCUT2D eigenvalue weighted by Crippen LogP contribution is -2.48. The van der Waals surface area contributed by atoms with Gasteiger partial charge in [0.15, 0.2) is 0 Å². The number of likely N-dealkylation sites (tertiary alicyclic amines) is 2. The van der Waals surface area contributed by atoms with Gasteiger partial charge in [-0.1, -0.05) is 6.07 Å². The maximum absolute atomic E-state index is 12.5. The highest BCUT2D eigenvalue weighted by molar-refractivity contribution is 5.90. The van der Waals surface area contributed by atoms with Crippen molar-refractivity contribution in [2.24, 2.45) is 0 Å². The molecule has 1 N–H and O–H groups in total. The van der Waals surface area contributed by atoms with Crippen LogP contribution in [0.1, 0.15) is 31.2 Å². The molecular formula is C17H22N4O4. The van der Waals surface area contributed by atoms with Crippen molar-refractivity contribution in [3.63, 3.8) is 0 Å². The molecule has 0 aliphatic carbocycles. The van der Waals surface area contributed by atoms with E-state index in [0.717, 1.165) is 31.4 Å². The number of piperidine rings is 1. The Morgan fingerprint density at radius 2 is 2.00 bits per heavy atom. The Labute approximate surface area is 145 Å². The fraction of sp³-hybridized carbons (Fsp3) is 0.529. The topological polar surface area (TPSA) is 95.8 Å². The second-order valence-electron chi connectivity index (χ2n) is 6.60. The van der Waals surface area contributed by atoms with Gasteiger partial charge in [-0.05, 0) is 31.7 Å². The van der Waals surface area contributed by atoms with E-state index in [0.29, 0.717) is 25.2 Å². The average Bonchev–Trinajstić information content (AvgIpc) is 3.02. The van der Waals surface area contributed by atoms with Crippen molar-refractivity contribution in [3.05, 3.63) is 33.9 Å². The fourth-order valence-corrected chi connectivity index (χ4v) is 3.49. The quantitative estimate of drug-likeness (QED) is 0.672. The molecule has 2 aliphatic rings. The Balaban J connectivity index is 1.59. The molecule has 0 bridgehead atoms. The number of non-ortho nitro benzene ring substituents is 1. The summed E-state index contributed by atoms with van der Waals surface area (Å²) in [5.74, 6) is 0.218. The summed E-state index contributed by atoms with van der Waals surface area (Å²) < 4.78 is 0. The number of hydrogen-bond donors (Lipinski definition) is 1. The van der Waals surface area contributed by atoms with Crippen LogP contribution in [0.5, 0.6) is 0 Å². The summed E-state index contributed by atoms with van der Waals surface area (Å²) in [6.45, 7) is 3.77. The third-order valence-electron chi connectivity index (χ3n) is 4.98. The number of rotatable bonds is 3. The van der Waals surface area contributed by atoms with Gasteiger partial charge in [0.1, 0.15) is 0 Å². The van der Waals surface area contributed by atoms with E-state index in [1.807, 2.05) is 4.90 Å². The van der Waals surface area contributed by atoms with Gasteiger partial charge in [-0.15, -0.1) is 0 Å². The molecule has 0 atom stereocenters. The van der Waals surface area contributed by atoms with Crippen LogP contribution in [0.3, 0.4) is 0 Å². The Bertz CT molecular complexity index is 698. The molecule has 0 spiro atoms. The predicted octanol–water partition coefficient (Wildman–Crippen LogP) is 2.52. The van der Waals surface area contributed by atoms with Crippen molar-refractivity contribution in [1.82, 2.24) is 9.80 Å². The molecule has 1 aromatic rings. The van der Waals surface area contributed by atoms with Gasteiger partial charge in [-0.3, -0.25) is 14.9 Å². The lowest BCUT2D eigenvalue weighted by molar-refractivity contribution is -0.384. The van der Waals surface area contributed by atoms with Crippen molar-refractivity contribution in [2.75, 3.05) is 25.0 Å². The molecular weight excluding hydrogens is 324 g/mol. The summed E-state index contributed by atoms with van der Waals surface area (Å²) in [6.07, 6.45) is 3.10. The summed E-state index contributed by atoms with van der Waals surface area (Å²) in [6, 6.07) is 4.39. The Hall–Kier alpha value is -2.64. The smallest absolute Gasteiger partial charge is 0.321 e. The third-order valence-corrected chi connectivity index (χ3v) is 4.98. The molecule has 8 heteroatoms. The Morgan fingerprint density at radius 1 is 1.28 bits per heavy atom. The average molecular weight is 346 g/mol. The first-order valence-corrected chi connectivity index (χ1v) is 8.56. The molecule has 134 valence electrons. The molecule has 3 amide bonds. The lowest BCUT2D eigenvalue weighted by atomic mass is 10.0. The summed E-state index contributed by atoms with van der Waals surface area (Å²) in [5, 5.41) is 13.7. The van der Waals surface area contributed by atoms with Crippen LogP contribution < -0.4 is 5.32 Å². The van der Waals surface area contributed by atoms with E-state index >= 15 is 0 Å². The van der Waals surface area contributed by atoms with Gasteiger partial charge in [0, 0.05) is 44.2 Å². The molecule has 2 saturated heterocycles. The van der Waals surface area contributed by atoms with E-state index in [1.165, 1.54) is 12.1 Å². The first-order chi connectivity index (χ1) is 12.0. The van der Waals surface area contributed by atoms with Gasteiger partial charge in [0.25, 0.3) is 5.69 Å². The number of anilines is 1. The second-order valence-corrected chi connectivity index (χ2v) is 6.60. The Morgan fingerprint density at radius 3 is 2.60 bits per heavy atom. The van der Waals surface area contributed by atoms with Crippen LogP contribution >= 0.6 is 0 Å². The van der Waals surface area contributed by atoms with Crippen LogP contribution in [-0.2, 0) is 4.79 Å². The standard InChI is InChI=1S/C17H22N4O4/c1-12-4-5-14(21(24)25)11-15(12)18-17(23)19-9-6-13(7-10-19)20-8-2-3-16(20)22/h4-5,11,13H,2-3,6-10H2,1H3,(H,18,23). The normalized spacial score (nSPS) is 18.5. The third kappa shape index (κ3) is 3.72. The highest BCUT2D eigenvalue weighted by Gasteiger charge is 2.32. The van der Waals surface area contributed by atoms with Crippen molar-refractivity contribution < 1.29 is 14.5 Å². The van der Waals surface area contributed by atoms with E-state index in [1.54, 1.807) is 17.9 Å². The molecule has 8 nitrogen and oxygen atoms in total. The molecule has 1 aromatic carbocycles. The first-order valence-electron chi connectivity index (χ1n) is 8.56. The molecule has 0 aromatic heterocycles. The van der Waals surface area contributed by atoms with E-state index in [-0.39, 0.29) is 23.7 Å². The molecule has 3 rings (SSSR count). The van der Waals surface area contributed by atoms with E-state index < -0.39 is 4.92 Å². The van der Waals surface area contributed by atoms with Crippen molar-refractivity contribution >= 4 is 23.3 Å². The largest absolute Gasteiger partial charge is 0.340 e. The minimum Gasteiger partial charge on any atom is -0.340 e. The molecule has 25 heavy (non-hydrogen) atoms. The number of amides is 3. The van der Waals surface area contributed by atoms with Crippen LogP contribution in [0.15, 0.2) is 18.2 Å². The highest BCUT2D eigenvalue weighted by Crippen LogP contribution is 2.24. The number of hydrogen-bond acceptors (Lipinski definition) is 4. The number of aryl methyl sites for hydroxylation is 1. The first kappa shape index (κ1) is 17.2. The van der Waals surface area contributed by atoms with Crippen molar-refractivity contribution in [3.8, 4) is 0 Å². The number of carbonyl (C=O) groups is 2. The number of nitrogens with zero attached hydrogens (tertiary/aromatic N) is 3. The SMILES string of the molecule is Cc1ccc([N+](=O)[O-])cc1NC(=O)N1CCC(N2CCCC2=O)CC1. The van der Waals surface area contributed by atoms with Crippen molar-refractivity contribution in [2.45, 2.75) is 38.6 Å². The predicted molar refractivity (Wildman–Crippen MR) is 92.4 cm³/mol. The maximum Gasteiger partial charge on any atom is 0.321 e. The number of carbonyl (C=O) groups excluding carboxylic acids is 2. The van der Waals surface area contributed by atoms with Crippen molar-refractivity contribution in [1.29, 1.82) is 0 Å². The zero-order valence-corrected chi connectivity index (χ0v) is 14.2. The van der Waals surface area contributed by atoms with Gasteiger partial charge in [0.2, 0.25) is 5.91 Å². The molecule has 0 unspecified atom stereocenters. The minimum absolute atomic E-state index is 0.0489. The van der Waals surface area contributed by atoms with Gasteiger partial charge >= 0.3 is 6.03 Å². The maximum atomic E-state index is 12.5. The lowest BCUT2D eigenvalue weighted by Gasteiger charge is -2.36. The van der Waals surface area contributed by atoms with E-state index in [4.69, 9.17) is 0 Å². The van der Waals surface area contributed by atoms with Crippen LogP contribution in [-0.4, -0.2) is 52.3 Å². The molecule has 2 heterocycles. The molecule has 2 fully saturated rings. The van der Waals surface area contributed by atoms with Gasteiger partial charge in [-0.2, -0.15) is 0 Å². The van der Waals surface area contributed by atoms with Crippen LogP contribution in [0.25, 0.3) is 0 Å². The minimum atomic E-state index is -0.479. The summed E-state index contributed by atoms with van der Waals surface area (Å²) in [5.41, 5.74) is 1.18. The number of urea groups is 1. The number of nitro benzene ring substituents is 1. The summed E-state index contributed by atoms with van der Waals surface area (Å²) in [7, 11) is 0. The number of nitro groups is 1. The zero-order valence-electron chi connectivity index (χ0n) is 14.2. The summed E-state index contributed by atoms with van der Waals surface area (Å²) >= 11 is 0. The van der Waals surface area contributed by atoms with Gasteiger partial charge in [0.05, 0.1) is 10.6 Å². The second kappa shape index (κ2) is 7.08. The van der Waals surface area contributed by atoms with Gasteiger partial charge < -0.3 is 15.1 Å². The highest BCUT2D eigenvalue weighted by atomic mass is 16.6. The van der Waals surface area contributed by atoms with E-state index in [9.17, 15) is 19.7 Å². The molecule has 0 saturated carbocycles. The van der Waals surface area contributed by atoms with Gasteiger partial charge in [-0.25, -0.2) is 4.79 Å². The van der Waals surface area contributed by atoms with Crippen LogP contribution in [0.2, 0.25) is 0 Å². The fourth-order valence-electron chi connectivity index (χ4n) is 3.49.